The minimum atomic E-state index is -0.507. The molecule has 0 aliphatic rings. The average molecular weight is 427 g/mol. The third-order valence-corrected chi connectivity index (χ3v) is 4.53. The molecule has 0 aliphatic carbocycles. The molecule has 0 aliphatic heterocycles. The highest BCUT2D eigenvalue weighted by molar-refractivity contribution is 5.86. The molecular weight excluding hydrogens is 399 g/mol. The Morgan fingerprint density at radius 1 is 1.07 bits per heavy atom. The Morgan fingerprint density at radius 2 is 1.75 bits per heavy atom. The molecule has 1 heterocycles. The van der Waals surface area contributed by atoms with Crippen molar-refractivity contribution in [1.82, 2.24) is 10.3 Å². The molecule has 2 amide bonds. The zero-order valence-corrected chi connectivity index (χ0v) is 17.5. The Labute approximate surface area is 178 Å². The monoisotopic (exact) mass is 426 g/mol. The fraction of sp³-hybridized carbons (Fsp3) is 0.350. The van der Waals surface area contributed by atoms with E-state index in [4.69, 9.17) is 11.5 Å². The molecule has 1 aromatic heterocycles. The van der Waals surface area contributed by atoms with Crippen LogP contribution in [0, 0.1) is 11.8 Å². The first-order chi connectivity index (χ1) is 12.5. The van der Waals surface area contributed by atoms with Crippen LogP contribution in [-0.4, -0.2) is 16.8 Å². The molecule has 0 radical (unpaired) electrons. The molecule has 5 N–H and O–H groups in total. The fourth-order valence-electron chi connectivity index (χ4n) is 2.82. The number of hydrogen-bond donors (Lipinski definition) is 3. The second-order valence-corrected chi connectivity index (χ2v) is 6.40. The van der Waals surface area contributed by atoms with Crippen LogP contribution in [0.25, 0.3) is 0 Å². The Morgan fingerprint density at radius 3 is 2.29 bits per heavy atom. The van der Waals surface area contributed by atoms with Crippen LogP contribution >= 0.6 is 24.8 Å². The molecular formula is C20H28Cl2N4O2. The smallest absolute Gasteiger partial charge is 0.223 e. The van der Waals surface area contributed by atoms with Gasteiger partial charge in [0.05, 0.1) is 5.69 Å². The lowest BCUT2D eigenvalue weighted by Crippen LogP contribution is -2.39. The van der Waals surface area contributed by atoms with E-state index < -0.39 is 17.7 Å². The average Bonchev–Trinajstić information content (AvgIpc) is 2.67. The van der Waals surface area contributed by atoms with Crippen LogP contribution in [0.4, 0.5) is 0 Å². The van der Waals surface area contributed by atoms with Crippen LogP contribution in [0.2, 0.25) is 0 Å². The number of primary amides is 1. The number of nitrogens with zero attached hydrogens (tertiary/aromatic N) is 1. The molecule has 0 saturated carbocycles. The summed E-state index contributed by atoms with van der Waals surface area (Å²) in [6, 6.07) is 13.6. The van der Waals surface area contributed by atoms with Gasteiger partial charge in [0.25, 0.3) is 0 Å². The van der Waals surface area contributed by atoms with E-state index in [9.17, 15) is 9.59 Å². The summed E-state index contributed by atoms with van der Waals surface area (Å²) in [5.74, 6) is -1.64. The lowest BCUT2D eigenvalue weighted by molar-refractivity contribution is -0.133. The van der Waals surface area contributed by atoms with Gasteiger partial charge in [-0.1, -0.05) is 43.3 Å². The van der Waals surface area contributed by atoms with E-state index in [2.05, 4.69) is 10.3 Å². The Hall–Kier alpha value is -2.15. The van der Waals surface area contributed by atoms with E-state index in [0.29, 0.717) is 25.9 Å². The second kappa shape index (κ2) is 13.1. The minimum absolute atomic E-state index is 0. The van der Waals surface area contributed by atoms with Crippen molar-refractivity contribution in [2.24, 2.45) is 23.3 Å². The van der Waals surface area contributed by atoms with Gasteiger partial charge < -0.3 is 16.8 Å². The number of aryl methyl sites for hydroxylation is 1. The number of amides is 2. The molecule has 0 saturated heterocycles. The van der Waals surface area contributed by atoms with Crippen molar-refractivity contribution >= 4 is 36.6 Å². The standard InChI is InChI=1S/C20H26N4O2.2ClH/c1-14(18(19(22)25)10-8-15-5-3-2-4-6-15)20(26)24-13-16-7-9-17(11-21)23-12-16;;/h2-7,9,12,14,18H,8,10-11,13,21H2,1H3,(H2,22,25)(H,24,26);2*1H/t14-,18?;;/m0../s1. The van der Waals surface area contributed by atoms with Crippen LogP contribution in [-0.2, 0) is 29.1 Å². The third-order valence-electron chi connectivity index (χ3n) is 4.53. The van der Waals surface area contributed by atoms with E-state index in [-0.39, 0.29) is 30.7 Å². The molecule has 0 bridgehead atoms. The predicted octanol–water partition coefficient (Wildman–Crippen LogP) is 2.37. The van der Waals surface area contributed by atoms with Gasteiger partial charge in [0, 0.05) is 31.1 Å². The van der Waals surface area contributed by atoms with Gasteiger partial charge >= 0.3 is 0 Å². The molecule has 1 unspecified atom stereocenters. The number of rotatable bonds is 9. The summed E-state index contributed by atoms with van der Waals surface area (Å²) in [7, 11) is 0. The topological polar surface area (TPSA) is 111 Å². The lowest BCUT2D eigenvalue weighted by Gasteiger charge is -2.20. The Balaban J connectivity index is 0.00000364. The van der Waals surface area contributed by atoms with Gasteiger partial charge in [0.1, 0.15) is 0 Å². The van der Waals surface area contributed by atoms with Crippen molar-refractivity contribution < 1.29 is 9.59 Å². The number of carbonyl (C=O) groups excluding carboxylic acids is 2. The minimum Gasteiger partial charge on any atom is -0.369 e. The van der Waals surface area contributed by atoms with Gasteiger partial charge in [-0.25, -0.2) is 0 Å². The summed E-state index contributed by atoms with van der Waals surface area (Å²) in [5, 5.41) is 2.85. The number of carbonyl (C=O) groups is 2. The van der Waals surface area contributed by atoms with Gasteiger partial charge in [-0.15, -0.1) is 24.8 Å². The summed E-state index contributed by atoms with van der Waals surface area (Å²) in [4.78, 5) is 28.5. The number of aromatic nitrogens is 1. The van der Waals surface area contributed by atoms with Crippen molar-refractivity contribution in [2.45, 2.75) is 32.9 Å². The van der Waals surface area contributed by atoms with Crippen molar-refractivity contribution in [2.75, 3.05) is 0 Å². The van der Waals surface area contributed by atoms with E-state index >= 15 is 0 Å². The molecule has 2 atom stereocenters. The molecule has 6 nitrogen and oxygen atoms in total. The van der Waals surface area contributed by atoms with Gasteiger partial charge in [0.15, 0.2) is 0 Å². The van der Waals surface area contributed by atoms with Crippen molar-refractivity contribution in [3.05, 3.63) is 65.5 Å². The maximum atomic E-state index is 12.4. The van der Waals surface area contributed by atoms with Gasteiger partial charge in [-0.3, -0.25) is 14.6 Å². The summed E-state index contributed by atoms with van der Waals surface area (Å²) in [6.07, 6.45) is 2.94. The van der Waals surface area contributed by atoms with Crippen LogP contribution in [0.5, 0.6) is 0 Å². The number of nitrogens with two attached hydrogens (primary N) is 2. The summed E-state index contributed by atoms with van der Waals surface area (Å²) >= 11 is 0. The maximum absolute atomic E-state index is 12.4. The normalized spacial score (nSPS) is 12.1. The summed E-state index contributed by atoms with van der Waals surface area (Å²) in [6.45, 7) is 2.47. The molecule has 0 fully saturated rings. The first kappa shape index (κ1) is 25.9. The van der Waals surface area contributed by atoms with Crippen LogP contribution in [0.3, 0.4) is 0 Å². The maximum Gasteiger partial charge on any atom is 0.223 e. The number of nitrogens with one attached hydrogen (secondary N) is 1. The number of benzene rings is 1. The van der Waals surface area contributed by atoms with Gasteiger partial charge in [0.2, 0.25) is 11.8 Å². The van der Waals surface area contributed by atoms with Crippen molar-refractivity contribution in [1.29, 1.82) is 0 Å². The SMILES string of the molecule is C[C@H](C(=O)NCc1ccc(CN)nc1)C(CCc1ccccc1)C(N)=O.Cl.Cl. The highest BCUT2D eigenvalue weighted by Gasteiger charge is 2.28. The highest BCUT2D eigenvalue weighted by atomic mass is 35.5. The first-order valence-electron chi connectivity index (χ1n) is 8.76. The molecule has 2 aromatic rings. The molecule has 154 valence electrons. The molecule has 2 rings (SSSR count). The zero-order chi connectivity index (χ0) is 18.9. The Bertz CT molecular complexity index is 727. The van der Waals surface area contributed by atoms with E-state index in [0.717, 1.165) is 16.8 Å². The predicted molar refractivity (Wildman–Crippen MR) is 115 cm³/mol. The van der Waals surface area contributed by atoms with Crippen LogP contribution in [0.1, 0.15) is 30.2 Å². The zero-order valence-electron chi connectivity index (χ0n) is 15.8. The lowest BCUT2D eigenvalue weighted by atomic mass is 9.87. The third kappa shape index (κ3) is 7.84. The summed E-state index contributed by atoms with van der Waals surface area (Å²) < 4.78 is 0. The first-order valence-corrected chi connectivity index (χ1v) is 8.76. The highest BCUT2D eigenvalue weighted by Crippen LogP contribution is 2.19. The second-order valence-electron chi connectivity index (χ2n) is 6.40. The molecule has 0 spiro atoms. The number of halogens is 2. The van der Waals surface area contributed by atoms with E-state index in [1.165, 1.54) is 0 Å². The number of pyridine rings is 1. The van der Waals surface area contributed by atoms with Crippen LogP contribution < -0.4 is 16.8 Å². The fourth-order valence-corrected chi connectivity index (χ4v) is 2.82. The molecule has 8 heteroatoms. The van der Waals surface area contributed by atoms with Gasteiger partial charge in [-0.2, -0.15) is 0 Å². The molecule has 1 aromatic carbocycles. The number of hydrogen-bond acceptors (Lipinski definition) is 4. The Kier molecular flexibility index (Phi) is 12.1. The largest absolute Gasteiger partial charge is 0.369 e. The van der Waals surface area contributed by atoms with Crippen molar-refractivity contribution in [3.63, 3.8) is 0 Å². The van der Waals surface area contributed by atoms with E-state index in [1.807, 2.05) is 42.5 Å². The quantitative estimate of drug-likeness (QED) is 0.571. The van der Waals surface area contributed by atoms with E-state index in [1.54, 1.807) is 13.1 Å². The molecule has 28 heavy (non-hydrogen) atoms. The summed E-state index contributed by atoms with van der Waals surface area (Å²) in [5.41, 5.74) is 13.9. The van der Waals surface area contributed by atoms with Crippen LogP contribution in [0.15, 0.2) is 48.7 Å². The van der Waals surface area contributed by atoms with Gasteiger partial charge in [-0.05, 0) is 30.0 Å². The van der Waals surface area contributed by atoms with Crippen molar-refractivity contribution in [3.8, 4) is 0 Å².